The zero-order valence-electron chi connectivity index (χ0n) is 18.8. The summed E-state index contributed by atoms with van der Waals surface area (Å²) in [5.41, 5.74) is 2.10. The molecule has 0 bridgehead atoms. The Labute approximate surface area is 204 Å². The number of aryl methyl sites for hydroxylation is 1. The topological polar surface area (TPSA) is 61.2 Å². The number of Topliss-reactive ketones (excluding diaryl/α,β-unsaturated/α-hetero) is 1. The lowest BCUT2D eigenvalue weighted by Gasteiger charge is -2.18. The number of rotatable bonds is 6. The number of ketones is 1. The molecule has 0 amide bonds. The van der Waals surface area contributed by atoms with E-state index in [1.54, 1.807) is 35.1 Å². The van der Waals surface area contributed by atoms with Crippen LogP contribution in [0, 0.1) is 11.7 Å². The number of hydrogen-bond donors (Lipinski definition) is 0. The first-order valence-corrected chi connectivity index (χ1v) is 12.9. The molecule has 1 unspecified atom stereocenters. The van der Waals surface area contributed by atoms with Gasteiger partial charge in [0.2, 0.25) is 0 Å². The molecule has 0 N–H and O–H groups in total. The van der Waals surface area contributed by atoms with Crippen molar-refractivity contribution in [3.05, 3.63) is 80.7 Å². The second-order valence-electron chi connectivity index (χ2n) is 8.48. The second-order valence-corrected chi connectivity index (χ2v) is 10.5. The Morgan fingerprint density at radius 2 is 1.94 bits per heavy atom. The highest BCUT2D eigenvalue weighted by Crippen LogP contribution is 2.37. The van der Waals surface area contributed by atoms with Crippen LogP contribution < -0.4 is 10.3 Å². The molecule has 5 nitrogen and oxygen atoms in total. The van der Waals surface area contributed by atoms with E-state index in [1.165, 1.54) is 40.9 Å². The van der Waals surface area contributed by atoms with Gasteiger partial charge in [0.05, 0.1) is 23.9 Å². The van der Waals surface area contributed by atoms with Crippen molar-refractivity contribution in [3.8, 4) is 11.4 Å². The van der Waals surface area contributed by atoms with Gasteiger partial charge in [-0.05, 0) is 79.3 Å². The van der Waals surface area contributed by atoms with Gasteiger partial charge < -0.3 is 4.74 Å². The van der Waals surface area contributed by atoms with Crippen molar-refractivity contribution in [1.29, 1.82) is 0 Å². The lowest BCUT2D eigenvalue weighted by Crippen LogP contribution is -2.23. The summed E-state index contributed by atoms with van der Waals surface area (Å²) in [6, 6.07) is 12.7. The molecule has 0 aliphatic heterocycles. The summed E-state index contributed by atoms with van der Waals surface area (Å²) in [6.07, 6.45) is 2.90. The van der Waals surface area contributed by atoms with Crippen molar-refractivity contribution < 1.29 is 13.9 Å². The number of thiophene rings is 1. The van der Waals surface area contributed by atoms with E-state index >= 15 is 0 Å². The van der Waals surface area contributed by atoms with E-state index in [0.717, 1.165) is 29.7 Å². The Kier molecular flexibility index (Phi) is 6.27. The van der Waals surface area contributed by atoms with Gasteiger partial charge in [-0.2, -0.15) is 0 Å². The monoisotopic (exact) mass is 494 g/mol. The Morgan fingerprint density at radius 3 is 2.65 bits per heavy atom. The van der Waals surface area contributed by atoms with Gasteiger partial charge in [0.25, 0.3) is 5.56 Å². The number of halogens is 1. The SMILES string of the molecule is COc1ccc(-n2c(SCC(=O)c3ccc(F)cc3)nc3sc4c(c3c2=O)CCC(C)C4)cc1. The fourth-order valence-corrected chi connectivity index (χ4v) is 6.61. The Bertz CT molecular complexity index is 1430. The molecule has 1 aliphatic carbocycles. The number of thioether (sulfide) groups is 1. The zero-order chi connectivity index (χ0) is 23.8. The van der Waals surface area contributed by atoms with Crippen LogP contribution in [0.2, 0.25) is 0 Å². The van der Waals surface area contributed by atoms with Crippen molar-refractivity contribution in [3.63, 3.8) is 0 Å². The first kappa shape index (κ1) is 22.8. The van der Waals surface area contributed by atoms with Crippen molar-refractivity contribution in [2.75, 3.05) is 12.9 Å². The van der Waals surface area contributed by atoms with Crippen LogP contribution in [0.5, 0.6) is 5.75 Å². The van der Waals surface area contributed by atoms with Crippen LogP contribution in [0.1, 0.15) is 34.1 Å². The molecule has 0 saturated heterocycles. The van der Waals surface area contributed by atoms with Gasteiger partial charge in [-0.1, -0.05) is 18.7 Å². The summed E-state index contributed by atoms with van der Waals surface area (Å²) in [7, 11) is 1.59. The van der Waals surface area contributed by atoms with Crippen molar-refractivity contribution in [2.45, 2.75) is 31.3 Å². The molecule has 34 heavy (non-hydrogen) atoms. The number of carbonyl (C=O) groups is 1. The molecule has 2 aromatic heterocycles. The number of ether oxygens (including phenoxy) is 1. The van der Waals surface area contributed by atoms with E-state index in [0.29, 0.717) is 33.5 Å². The van der Waals surface area contributed by atoms with Gasteiger partial charge in [0, 0.05) is 10.4 Å². The van der Waals surface area contributed by atoms with E-state index in [4.69, 9.17) is 9.72 Å². The molecule has 2 heterocycles. The summed E-state index contributed by atoms with van der Waals surface area (Å²) < 4.78 is 20.1. The van der Waals surface area contributed by atoms with Gasteiger partial charge in [0.15, 0.2) is 10.9 Å². The average Bonchev–Trinajstić information content (AvgIpc) is 3.20. The van der Waals surface area contributed by atoms with E-state index < -0.39 is 0 Å². The molecule has 2 aromatic carbocycles. The minimum absolute atomic E-state index is 0.0852. The number of aromatic nitrogens is 2. The highest BCUT2D eigenvalue weighted by Gasteiger charge is 2.25. The third-order valence-corrected chi connectivity index (χ3v) is 8.21. The zero-order valence-corrected chi connectivity index (χ0v) is 20.5. The molecular formula is C26H23FN2O3S2. The van der Waals surface area contributed by atoms with Crippen LogP contribution in [0.3, 0.4) is 0 Å². The molecule has 0 fully saturated rings. The normalized spacial score (nSPS) is 15.3. The van der Waals surface area contributed by atoms with E-state index in [2.05, 4.69) is 6.92 Å². The minimum atomic E-state index is -0.388. The predicted octanol–water partition coefficient (Wildman–Crippen LogP) is 5.69. The second kappa shape index (κ2) is 9.35. The smallest absolute Gasteiger partial charge is 0.267 e. The number of methoxy groups -OCH3 is 1. The third-order valence-electron chi connectivity index (χ3n) is 6.13. The molecule has 1 atom stereocenters. The predicted molar refractivity (Wildman–Crippen MR) is 134 cm³/mol. The number of fused-ring (bicyclic) bond motifs is 3. The minimum Gasteiger partial charge on any atom is -0.497 e. The molecule has 1 aliphatic rings. The molecule has 0 spiro atoms. The first-order valence-electron chi connectivity index (χ1n) is 11.1. The fraction of sp³-hybridized carbons (Fsp3) is 0.269. The van der Waals surface area contributed by atoms with Crippen LogP contribution in [0.25, 0.3) is 15.9 Å². The average molecular weight is 495 g/mol. The van der Waals surface area contributed by atoms with Crippen LogP contribution in [0.15, 0.2) is 58.5 Å². The van der Waals surface area contributed by atoms with Crippen LogP contribution in [-0.4, -0.2) is 28.2 Å². The third kappa shape index (κ3) is 4.28. The van der Waals surface area contributed by atoms with E-state index in [1.807, 2.05) is 12.1 Å². The number of nitrogens with zero attached hydrogens (tertiary/aromatic N) is 2. The van der Waals surface area contributed by atoms with Gasteiger partial charge in [0.1, 0.15) is 16.4 Å². The van der Waals surface area contributed by atoms with Gasteiger partial charge in [-0.15, -0.1) is 11.3 Å². The van der Waals surface area contributed by atoms with E-state index in [9.17, 15) is 14.0 Å². The van der Waals surface area contributed by atoms with Crippen molar-refractivity contribution in [2.24, 2.45) is 5.92 Å². The lowest BCUT2D eigenvalue weighted by molar-refractivity contribution is 0.102. The number of benzene rings is 2. The fourth-order valence-electron chi connectivity index (χ4n) is 4.28. The molecule has 4 aromatic rings. The van der Waals surface area contributed by atoms with Gasteiger partial charge in [-0.3, -0.25) is 14.2 Å². The summed E-state index contributed by atoms with van der Waals surface area (Å²) in [4.78, 5) is 33.4. The van der Waals surface area contributed by atoms with Gasteiger partial charge in [-0.25, -0.2) is 9.37 Å². The quantitative estimate of drug-likeness (QED) is 0.196. The summed E-state index contributed by atoms with van der Waals surface area (Å²) >= 11 is 2.81. The first-order chi connectivity index (χ1) is 16.4. The largest absolute Gasteiger partial charge is 0.497 e. The van der Waals surface area contributed by atoms with Crippen LogP contribution in [-0.2, 0) is 12.8 Å². The van der Waals surface area contributed by atoms with Crippen molar-refractivity contribution in [1.82, 2.24) is 9.55 Å². The highest BCUT2D eigenvalue weighted by molar-refractivity contribution is 7.99. The highest BCUT2D eigenvalue weighted by atomic mass is 32.2. The maximum absolute atomic E-state index is 13.8. The Balaban J connectivity index is 1.59. The standard InChI is InChI=1S/C26H23FN2O3S2/c1-15-3-12-20-22(13-15)34-24-23(20)25(31)29(18-8-10-19(32-2)11-9-18)26(28-24)33-14-21(30)16-4-6-17(27)7-5-16/h4-11,15H,3,12-14H2,1-2H3. The summed E-state index contributed by atoms with van der Waals surface area (Å²) in [5.74, 6) is 0.822. The molecule has 174 valence electrons. The summed E-state index contributed by atoms with van der Waals surface area (Å²) in [6.45, 7) is 2.23. The van der Waals surface area contributed by atoms with Crippen LogP contribution >= 0.6 is 23.1 Å². The molecule has 8 heteroatoms. The Morgan fingerprint density at radius 1 is 1.21 bits per heavy atom. The number of hydrogen-bond acceptors (Lipinski definition) is 6. The maximum atomic E-state index is 13.8. The summed E-state index contributed by atoms with van der Waals surface area (Å²) in [5, 5.41) is 1.15. The Hall–Kier alpha value is -2.97. The van der Waals surface area contributed by atoms with E-state index in [-0.39, 0.29) is 22.9 Å². The molecular weight excluding hydrogens is 471 g/mol. The maximum Gasteiger partial charge on any atom is 0.267 e. The van der Waals surface area contributed by atoms with Gasteiger partial charge >= 0.3 is 0 Å². The number of carbonyl (C=O) groups excluding carboxylic acids is 1. The molecule has 0 radical (unpaired) electrons. The van der Waals surface area contributed by atoms with Crippen molar-refractivity contribution >= 4 is 39.1 Å². The molecule has 0 saturated carbocycles. The van der Waals surface area contributed by atoms with Crippen LogP contribution in [0.4, 0.5) is 4.39 Å². The lowest BCUT2D eigenvalue weighted by atomic mass is 9.89. The molecule has 5 rings (SSSR count).